The molecule has 6 nitrogen and oxygen atoms in total. The fraction of sp³-hybridized carbons (Fsp3) is 0.400. The number of carbonyl (C=O) groups is 1. The Labute approximate surface area is 121 Å². The van der Waals surface area contributed by atoms with E-state index in [1.807, 2.05) is 0 Å². The third kappa shape index (κ3) is 2.80. The summed E-state index contributed by atoms with van der Waals surface area (Å²) in [5.74, 6) is -0.0524. The Morgan fingerprint density at radius 3 is 2.90 bits per heavy atom. The molecule has 1 saturated carbocycles. The van der Waals surface area contributed by atoms with Gasteiger partial charge in [0.15, 0.2) is 0 Å². The first kappa shape index (κ1) is 13.8. The van der Waals surface area contributed by atoms with E-state index in [4.69, 9.17) is 5.11 Å². The zero-order valence-corrected chi connectivity index (χ0v) is 11.5. The third-order valence-corrected chi connectivity index (χ3v) is 4.03. The van der Waals surface area contributed by atoms with E-state index in [1.165, 1.54) is 12.4 Å². The van der Waals surface area contributed by atoms with Crippen molar-refractivity contribution in [3.05, 3.63) is 30.1 Å². The van der Waals surface area contributed by atoms with E-state index >= 15 is 0 Å². The number of benzene rings is 1. The molecule has 2 unspecified atom stereocenters. The van der Waals surface area contributed by atoms with Gasteiger partial charge in [-0.2, -0.15) is 0 Å². The average Bonchev–Trinajstić information content (AvgIpc) is 2.89. The Morgan fingerprint density at radius 1 is 1.33 bits per heavy atom. The number of anilines is 1. The summed E-state index contributed by atoms with van der Waals surface area (Å²) >= 11 is 0. The lowest BCUT2D eigenvalue weighted by atomic mass is 10.1. The molecule has 1 aromatic heterocycles. The van der Waals surface area contributed by atoms with Crippen LogP contribution in [0.15, 0.2) is 24.5 Å². The van der Waals surface area contributed by atoms with Crippen molar-refractivity contribution < 1.29 is 15.0 Å². The monoisotopic (exact) mass is 287 g/mol. The minimum atomic E-state index is -0.973. The molecule has 0 spiro atoms. The number of aromatic carboxylic acids is 1. The molecule has 1 aromatic carbocycles. The number of fused-ring (bicyclic) bond motifs is 1. The number of aliphatic hydroxyl groups is 1. The minimum Gasteiger partial charge on any atom is -0.478 e. The Bertz CT molecular complexity index is 674. The molecule has 0 aliphatic heterocycles. The van der Waals surface area contributed by atoms with Gasteiger partial charge in [-0.25, -0.2) is 14.8 Å². The molecule has 0 bridgehead atoms. The van der Waals surface area contributed by atoms with Crippen LogP contribution in [0.1, 0.15) is 29.6 Å². The minimum absolute atomic E-state index is 0.207. The highest BCUT2D eigenvalue weighted by molar-refractivity contribution is 5.96. The highest BCUT2D eigenvalue weighted by atomic mass is 16.4. The van der Waals surface area contributed by atoms with Crippen LogP contribution >= 0.6 is 0 Å². The molecule has 1 heterocycles. The maximum Gasteiger partial charge on any atom is 0.335 e. The van der Waals surface area contributed by atoms with Crippen molar-refractivity contribution in [2.75, 3.05) is 11.9 Å². The summed E-state index contributed by atoms with van der Waals surface area (Å²) in [6.45, 7) is 0.661. The third-order valence-electron chi connectivity index (χ3n) is 4.03. The Balaban J connectivity index is 1.83. The Kier molecular flexibility index (Phi) is 3.70. The summed E-state index contributed by atoms with van der Waals surface area (Å²) in [4.78, 5) is 19.3. The van der Waals surface area contributed by atoms with E-state index in [0.29, 0.717) is 17.9 Å². The maximum absolute atomic E-state index is 11.0. The molecule has 3 N–H and O–H groups in total. The van der Waals surface area contributed by atoms with Crippen LogP contribution in [-0.2, 0) is 0 Å². The Morgan fingerprint density at radius 2 is 2.19 bits per heavy atom. The largest absolute Gasteiger partial charge is 0.478 e. The van der Waals surface area contributed by atoms with Gasteiger partial charge in [0.2, 0.25) is 0 Å². The number of hydrogen-bond donors (Lipinski definition) is 3. The SMILES string of the molecule is O=C(O)c1ccc2c(NCC3CCCC3O)ncnc2c1. The first-order valence-corrected chi connectivity index (χ1v) is 7.05. The molecule has 6 heteroatoms. The molecular formula is C15H17N3O3. The van der Waals surface area contributed by atoms with Crippen molar-refractivity contribution in [2.24, 2.45) is 5.92 Å². The van der Waals surface area contributed by atoms with Gasteiger partial charge in [0.1, 0.15) is 12.1 Å². The molecule has 21 heavy (non-hydrogen) atoms. The first-order chi connectivity index (χ1) is 10.1. The number of hydrogen-bond acceptors (Lipinski definition) is 5. The van der Waals surface area contributed by atoms with Gasteiger partial charge in [-0.15, -0.1) is 0 Å². The van der Waals surface area contributed by atoms with E-state index in [-0.39, 0.29) is 17.6 Å². The second-order valence-electron chi connectivity index (χ2n) is 5.40. The molecule has 2 atom stereocenters. The normalized spacial score (nSPS) is 21.6. The lowest BCUT2D eigenvalue weighted by molar-refractivity contribution is 0.0697. The van der Waals surface area contributed by atoms with E-state index in [0.717, 1.165) is 24.6 Å². The predicted molar refractivity (Wildman–Crippen MR) is 78.3 cm³/mol. The van der Waals surface area contributed by atoms with Crippen LogP contribution in [0.25, 0.3) is 10.9 Å². The first-order valence-electron chi connectivity index (χ1n) is 7.05. The van der Waals surface area contributed by atoms with Gasteiger partial charge in [-0.05, 0) is 31.0 Å². The van der Waals surface area contributed by atoms with Crippen molar-refractivity contribution in [2.45, 2.75) is 25.4 Å². The fourth-order valence-electron chi connectivity index (χ4n) is 2.81. The summed E-state index contributed by atoms with van der Waals surface area (Å²) < 4.78 is 0. The van der Waals surface area contributed by atoms with Gasteiger partial charge < -0.3 is 15.5 Å². The van der Waals surface area contributed by atoms with Crippen LogP contribution in [0.2, 0.25) is 0 Å². The number of carboxylic acids is 1. The van der Waals surface area contributed by atoms with E-state index in [2.05, 4.69) is 15.3 Å². The van der Waals surface area contributed by atoms with Gasteiger partial charge in [0, 0.05) is 17.8 Å². The van der Waals surface area contributed by atoms with Crippen LogP contribution < -0.4 is 5.32 Å². The average molecular weight is 287 g/mol. The Hall–Kier alpha value is -2.21. The lowest BCUT2D eigenvalue weighted by Crippen LogP contribution is -2.22. The number of aromatic nitrogens is 2. The molecule has 110 valence electrons. The molecular weight excluding hydrogens is 270 g/mol. The van der Waals surface area contributed by atoms with Gasteiger partial charge in [0.25, 0.3) is 0 Å². The zero-order chi connectivity index (χ0) is 14.8. The van der Waals surface area contributed by atoms with Crippen molar-refractivity contribution in [3.63, 3.8) is 0 Å². The summed E-state index contributed by atoms with van der Waals surface area (Å²) in [6.07, 6.45) is 4.10. The van der Waals surface area contributed by atoms with E-state index in [9.17, 15) is 9.90 Å². The van der Waals surface area contributed by atoms with Crippen LogP contribution in [0, 0.1) is 5.92 Å². The molecule has 0 amide bonds. The fourth-order valence-corrected chi connectivity index (χ4v) is 2.81. The van der Waals surface area contributed by atoms with Gasteiger partial charge >= 0.3 is 5.97 Å². The van der Waals surface area contributed by atoms with Gasteiger partial charge in [-0.3, -0.25) is 0 Å². The molecule has 2 aromatic rings. The lowest BCUT2D eigenvalue weighted by Gasteiger charge is -2.16. The summed E-state index contributed by atoms with van der Waals surface area (Å²) in [7, 11) is 0. The number of nitrogens with zero attached hydrogens (tertiary/aromatic N) is 2. The molecule has 1 aliphatic carbocycles. The van der Waals surface area contributed by atoms with Gasteiger partial charge in [-0.1, -0.05) is 6.42 Å². The number of carboxylic acid groups (broad SMARTS) is 1. The van der Waals surface area contributed by atoms with Crippen molar-refractivity contribution in [3.8, 4) is 0 Å². The highest BCUT2D eigenvalue weighted by Crippen LogP contribution is 2.27. The van der Waals surface area contributed by atoms with Crippen LogP contribution in [0.3, 0.4) is 0 Å². The standard InChI is InChI=1S/C15H17N3O3/c19-13-3-1-2-10(13)7-16-14-11-5-4-9(15(20)21)6-12(11)17-8-18-14/h4-6,8,10,13,19H,1-3,7H2,(H,20,21)(H,16,17,18). The summed E-state index contributed by atoms with van der Waals surface area (Å²) in [5, 5.41) is 22.9. The maximum atomic E-state index is 11.0. The van der Waals surface area contributed by atoms with E-state index in [1.54, 1.807) is 12.1 Å². The zero-order valence-electron chi connectivity index (χ0n) is 11.5. The highest BCUT2D eigenvalue weighted by Gasteiger charge is 2.25. The topological polar surface area (TPSA) is 95.3 Å². The van der Waals surface area contributed by atoms with Gasteiger partial charge in [0.05, 0.1) is 17.2 Å². The van der Waals surface area contributed by atoms with Crippen LogP contribution in [0.4, 0.5) is 5.82 Å². The quantitative estimate of drug-likeness (QED) is 0.795. The number of rotatable bonds is 4. The summed E-state index contributed by atoms with van der Waals surface area (Å²) in [5.41, 5.74) is 0.803. The van der Waals surface area contributed by atoms with Crippen LogP contribution in [-0.4, -0.2) is 38.8 Å². The van der Waals surface area contributed by atoms with Crippen molar-refractivity contribution >= 4 is 22.7 Å². The molecule has 0 saturated heterocycles. The van der Waals surface area contributed by atoms with Crippen LogP contribution in [0.5, 0.6) is 0 Å². The second-order valence-corrected chi connectivity index (χ2v) is 5.40. The smallest absolute Gasteiger partial charge is 0.335 e. The molecule has 3 rings (SSSR count). The second kappa shape index (κ2) is 5.65. The molecule has 0 radical (unpaired) electrons. The predicted octanol–water partition coefficient (Wildman–Crippen LogP) is 1.90. The summed E-state index contributed by atoms with van der Waals surface area (Å²) in [6, 6.07) is 4.80. The van der Waals surface area contributed by atoms with Crippen molar-refractivity contribution in [1.82, 2.24) is 9.97 Å². The molecule has 1 aliphatic rings. The van der Waals surface area contributed by atoms with E-state index < -0.39 is 5.97 Å². The van der Waals surface area contributed by atoms with Crippen molar-refractivity contribution in [1.29, 1.82) is 0 Å². The number of aliphatic hydroxyl groups excluding tert-OH is 1. The molecule has 1 fully saturated rings. The number of nitrogens with one attached hydrogen (secondary N) is 1.